The summed E-state index contributed by atoms with van der Waals surface area (Å²) < 4.78 is 5.31. The molecule has 2 aliphatic rings. The maximum Gasteiger partial charge on any atom is 0.238 e. The molecule has 5 nitrogen and oxygen atoms in total. The molecule has 4 rings (SSSR count). The number of nitrogens with one attached hydrogen (secondary N) is 1. The first-order valence-electron chi connectivity index (χ1n) is 10.1. The quantitative estimate of drug-likeness (QED) is 0.754. The van der Waals surface area contributed by atoms with E-state index in [1.807, 2.05) is 53.4 Å². The molecule has 2 fully saturated rings. The molecule has 0 radical (unpaired) electrons. The van der Waals surface area contributed by atoms with Crippen molar-refractivity contribution in [2.45, 2.75) is 37.5 Å². The van der Waals surface area contributed by atoms with Crippen LogP contribution in [0.5, 0.6) is 5.75 Å². The van der Waals surface area contributed by atoms with E-state index in [0.29, 0.717) is 5.75 Å². The average molecular weight is 411 g/mol. The maximum absolute atomic E-state index is 12.6. The highest BCUT2D eigenvalue weighted by Crippen LogP contribution is 2.42. The maximum atomic E-state index is 12.6. The van der Waals surface area contributed by atoms with Crippen molar-refractivity contribution in [3.63, 3.8) is 0 Å². The van der Waals surface area contributed by atoms with Crippen LogP contribution in [0, 0.1) is 5.92 Å². The number of rotatable bonds is 5. The van der Waals surface area contributed by atoms with Gasteiger partial charge in [0, 0.05) is 23.4 Å². The number of carbonyl (C=O) groups excluding carboxylic acids is 2. The van der Waals surface area contributed by atoms with Gasteiger partial charge in [-0.3, -0.25) is 14.5 Å². The Balaban J connectivity index is 1.48. The fraction of sp³-hybridized carbons (Fsp3) is 0.391. The topological polar surface area (TPSA) is 58.6 Å². The molecule has 0 unspecified atom stereocenters. The van der Waals surface area contributed by atoms with Gasteiger partial charge in [-0.05, 0) is 42.7 Å². The van der Waals surface area contributed by atoms with Crippen LogP contribution in [0.25, 0.3) is 0 Å². The fourth-order valence-electron chi connectivity index (χ4n) is 4.05. The summed E-state index contributed by atoms with van der Waals surface area (Å²) in [4.78, 5) is 26.8. The van der Waals surface area contributed by atoms with Gasteiger partial charge >= 0.3 is 0 Å². The van der Waals surface area contributed by atoms with Crippen LogP contribution in [0.4, 0.5) is 11.4 Å². The molecule has 29 heavy (non-hydrogen) atoms. The summed E-state index contributed by atoms with van der Waals surface area (Å²) in [7, 11) is 1.62. The van der Waals surface area contributed by atoms with E-state index < -0.39 is 0 Å². The van der Waals surface area contributed by atoms with Crippen LogP contribution in [0.1, 0.15) is 43.0 Å². The second-order valence-corrected chi connectivity index (χ2v) is 8.64. The van der Waals surface area contributed by atoms with Gasteiger partial charge in [-0.15, -0.1) is 11.8 Å². The van der Waals surface area contributed by atoms with Crippen LogP contribution >= 0.6 is 11.8 Å². The molecule has 1 heterocycles. The summed E-state index contributed by atoms with van der Waals surface area (Å²) in [6.45, 7) is 0. The molecule has 0 bridgehead atoms. The normalized spacial score (nSPS) is 20.0. The second-order valence-electron chi connectivity index (χ2n) is 7.57. The number of thioether (sulfide) groups is 1. The van der Waals surface area contributed by atoms with Crippen LogP contribution in [-0.2, 0) is 9.59 Å². The number of hydrogen-bond donors (Lipinski definition) is 1. The molecule has 1 N–H and O–H groups in total. The van der Waals surface area contributed by atoms with Gasteiger partial charge in [0.15, 0.2) is 0 Å². The molecular formula is C23H26N2O3S. The molecule has 1 atom stereocenters. The van der Waals surface area contributed by atoms with Crippen molar-refractivity contribution >= 4 is 35.0 Å². The number of methoxy groups -OCH3 is 1. The largest absolute Gasteiger partial charge is 0.497 e. The highest BCUT2D eigenvalue weighted by atomic mass is 32.2. The highest BCUT2D eigenvalue weighted by Gasteiger charge is 2.34. The van der Waals surface area contributed by atoms with E-state index in [1.165, 1.54) is 6.42 Å². The van der Waals surface area contributed by atoms with Gasteiger partial charge in [0.05, 0.1) is 12.9 Å². The van der Waals surface area contributed by atoms with E-state index in [0.717, 1.165) is 48.4 Å². The van der Waals surface area contributed by atoms with Gasteiger partial charge in [0.2, 0.25) is 11.8 Å². The van der Waals surface area contributed by atoms with Gasteiger partial charge in [0.1, 0.15) is 11.1 Å². The van der Waals surface area contributed by atoms with E-state index in [9.17, 15) is 9.59 Å². The van der Waals surface area contributed by atoms with Crippen molar-refractivity contribution in [2.24, 2.45) is 5.92 Å². The van der Waals surface area contributed by atoms with Gasteiger partial charge in [-0.2, -0.15) is 0 Å². The van der Waals surface area contributed by atoms with Crippen molar-refractivity contribution in [2.75, 3.05) is 23.1 Å². The smallest absolute Gasteiger partial charge is 0.238 e. The van der Waals surface area contributed by atoms with Gasteiger partial charge in [-0.1, -0.05) is 37.5 Å². The Bertz CT molecular complexity index is 878. The first-order valence-corrected chi connectivity index (χ1v) is 11.2. The summed E-state index contributed by atoms with van der Waals surface area (Å²) >= 11 is 1.61. The Morgan fingerprint density at radius 1 is 1.10 bits per heavy atom. The molecule has 1 saturated heterocycles. The van der Waals surface area contributed by atoms with Crippen LogP contribution in [0.3, 0.4) is 0 Å². The van der Waals surface area contributed by atoms with Crippen molar-refractivity contribution in [3.05, 3.63) is 54.1 Å². The van der Waals surface area contributed by atoms with Crippen LogP contribution in [-0.4, -0.2) is 24.7 Å². The number of anilines is 2. The molecule has 1 aliphatic heterocycles. The lowest BCUT2D eigenvalue weighted by molar-refractivity contribution is -0.120. The second kappa shape index (κ2) is 8.91. The van der Waals surface area contributed by atoms with E-state index in [4.69, 9.17) is 4.74 Å². The van der Waals surface area contributed by atoms with E-state index in [1.54, 1.807) is 18.9 Å². The van der Waals surface area contributed by atoms with Crippen molar-refractivity contribution in [1.82, 2.24) is 0 Å². The lowest BCUT2D eigenvalue weighted by Crippen LogP contribution is -2.27. The Hall–Kier alpha value is -2.47. The van der Waals surface area contributed by atoms with Gasteiger partial charge in [-0.25, -0.2) is 0 Å². The summed E-state index contributed by atoms with van der Waals surface area (Å²) in [5, 5.41) is 2.97. The number of amides is 2. The Morgan fingerprint density at radius 3 is 2.59 bits per heavy atom. The number of benzene rings is 2. The van der Waals surface area contributed by atoms with E-state index in [-0.39, 0.29) is 23.1 Å². The Labute approximate surface area is 175 Å². The molecule has 1 saturated carbocycles. The molecule has 6 heteroatoms. The summed E-state index contributed by atoms with van der Waals surface area (Å²) in [6.07, 6.45) is 5.49. The summed E-state index contributed by atoms with van der Waals surface area (Å²) in [5.41, 5.74) is 2.69. The molecule has 1 aliphatic carbocycles. The van der Waals surface area contributed by atoms with Gasteiger partial charge < -0.3 is 10.1 Å². The first kappa shape index (κ1) is 19.8. The monoisotopic (exact) mass is 410 g/mol. The van der Waals surface area contributed by atoms with Crippen molar-refractivity contribution in [3.8, 4) is 5.75 Å². The molecule has 2 aromatic carbocycles. The SMILES string of the molecule is COc1cccc(N2C(=O)CS[C@@H]2c2ccc(NC(=O)C3CCCCC3)cc2)c1. The lowest BCUT2D eigenvalue weighted by Gasteiger charge is -2.25. The minimum absolute atomic E-state index is 0.0855. The Kier molecular flexibility index (Phi) is 6.09. The van der Waals surface area contributed by atoms with Crippen molar-refractivity contribution < 1.29 is 14.3 Å². The standard InChI is InChI=1S/C23H26N2O3S/c1-28-20-9-5-8-19(14-20)25-21(26)15-29-23(25)17-10-12-18(13-11-17)24-22(27)16-6-3-2-4-7-16/h5,8-14,16,23H,2-4,6-7,15H2,1H3,(H,24,27)/t23-/m1/s1. The number of hydrogen-bond acceptors (Lipinski definition) is 4. The first-order chi connectivity index (χ1) is 14.2. The molecular weight excluding hydrogens is 384 g/mol. The predicted octanol–water partition coefficient (Wildman–Crippen LogP) is 4.99. The predicted molar refractivity (Wildman–Crippen MR) is 117 cm³/mol. The van der Waals surface area contributed by atoms with Crippen LogP contribution in [0.15, 0.2) is 48.5 Å². The molecule has 0 aromatic heterocycles. The zero-order chi connectivity index (χ0) is 20.2. The average Bonchev–Trinajstić information content (AvgIpc) is 3.16. The number of carbonyl (C=O) groups is 2. The zero-order valence-corrected chi connectivity index (χ0v) is 17.4. The van der Waals surface area contributed by atoms with Crippen molar-refractivity contribution in [1.29, 1.82) is 0 Å². The molecule has 0 spiro atoms. The van der Waals surface area contributed by atoms with Crippen LogP contribution in [0.2, 0.25) is 0 Å². The summed E-state index contributed by atoms with van der Waals surface area (Å²) in [6, 6.07) is 15.4. The Morgan fingerprint density at radius 2 is 1.86 bits per heavy atom. The zero-order valence-electron chi connectivity index (χ0n) is 16.6. The fourth-order valence-corrected chi connectivity index (χ4v) is 5.23. The lowest BCUT2D eigenvalue weighted by atomic mass is 9.88. The third-order valence-electron chi connectivity index (χ3n) is 5.64. The minimum Gasteiger partial charge on any atom is -0.497 e. The highest BCUT2D eigenvalue weighted by molar-refractivity contribution is 8.00. The molecule has 2 amide bonds. The van der Waals surface area contributed by atoms with Gasteiger partial charge in [0.25, 0.3) is 0 Å². The van der Waals surface area contributed by atoms with E-state index >= 15 is 0 Å². The molecule has 152 valence electrons. The molecule has 2 aromatic rings. The number of ether oxygens (including phenoxy) is 1. The third kappa shape index (κ3) is 4.42. The minimum atomic E-state index is -0.0855. The van der Waals surface area contributed by atoms with E-state index in [2.05, 4.69) is 5.32 Å². The number of nitrogens with zero attached hydrogens (tertiary/aromatic N) is 1. The third-order valence-corrected chi connectivity index (χ3v) is 6.85. The van der Waals surface area contributed by atoms with Crippen LogP contribution < -0.4 is 15.0 Å². The summed E-state index contributed by atoms with van der Waals surface area (Å²) in [5.74, 6) is 1.52.